The highest BCUT2D eigenvalue weighted by molar-refractivity contribution is 7.89. The van der Waals surface area contributed by atoms with E-state index in [1.165, 1.54) is 4.31 Å². The third-order valence-electron chi connectivity index (χ3n) is 4.82. The van der Waals surface area contributed by atoms with Crippen molar-refractivity contribution in [3.63, 3.8) is 0 Å². The lowest BCUT2D eigenvalue weighted by Crippen LogP contribution is -2.51. The van der Waals surface area contributed by atoms with Crippen LogP contribution in [0.25, 0.3) is 0 Å². The summed E-state index contributed by atoms with van der Waals surface area (Å²) in [5, 5.41) is 4.21. The van der Waals surface area contributed by atoms with Crippen molar-refractivity contribution in [1.82, 2.24) is 19.0 Å². The van der Waals surface area contributed by atoms with Gasteiger partial charge in [0.05, 0.1) is 24.6 Å². The Morgan fingerprint density at radius 3 is 2.46 bits per heavy atom. The van der Waals surface area contributed by atoms with Gasteiger partial charge in [-0.25, -0.2) is 8.42 Å². The Labute approximate surface area is 142 Å². The highest BCUT2D eigenvalue weighted by Crippen LogP contribution is 2.30. The van der Waals surface area contributed by atoms with Gasteiger partial charge in [0.1, 0.15) is 10.9 Å². The fourth-order valence-corrected chi connectivity index (χ4v) is 5.57. The van der Waals surface area contributed by atoms with Crippen molar-refractivity contribution in [2.75, 3.05) is 32.8 Å². The Morgan fingerprint density at radius 1 is 1.21 bits per heavy atom. The number of hydrogen-bond donors (Lipinski definition) is 0. The molecule has 0 bridgehead atoms. The molecule has 8 nitrogen and oxygen atoms in total. The van der Waals surface area contributed by atoms with E-state index in [1.54, 1.807) is 30.5 Å². The number of ether oxygens (including phenoxy) is 1. The minimum atomic E-state index is -3.74. The number of hydrogen-bond acceptors (Lipinski definition) is 5. The third-order valence-corrected chi connectivity index (χ3v) is 6.98. The van der Waals surface area contributed by atoms with Gasteiger partial charge < -0.3 is 9.64 Å². The lowest BCUT2D eigenvalue weighted by Gasteiger charge is -2.32. The number of aromatic nitrogens is 2. The van der Waals surface area contributed by atoms with E-state index >= 15 is 0 Å². The number of carbonyl (C=O) groups is 1. The SMILES string of the molecule is Cc1nn(C)c(C)c1S(=O)(=O)N1CCCC1C(=O)N1CCOCC1. The molecule has 3 rings (SSSR count). The zero-order valence-corrected chi connectivity index (χ0v) is 15.2. The van der Waals surface area contributed by atoms with E-state index in [0.717, 1.165) is 0 Å². The molecular weight excluding hydrogens is 332 g/mol. The number of amides is 1. The van der Waals surface area contributed by atoms with Gasteiger partial charge in [0.25, 0.3) is 0 Å². The number of sulfonamides is 1. The van der Waals surface area contributed by atoms with E-state index in [9.17, 15) is 13.2 Å². The molecule has 1 unspecified atom stereocenters. The predicted molar refractivity (Wildman–Crippen MR) is 87.0 cm³/mol. The lowest BCUT2D eigenvalue weighted by atomic mass is 10.2. The smallest absolute Gasteiger partial charge is 0.247 e. The molecule has 2 aliphatic rings. The molecule has 0 spiro atoms. The topological polar surface area (TPSA) is 84.7 Å². The van der Waals surface area contributed by atoms with Crippen LogP contribution in [0.4, 0.5) is 0 Å². The minimum absolute atomic E-state index is 0.112. The van der Waals surface area contributed by atoms with Crippen LogP contribution in [0.3, 0.4) is 0 Å². The minimum Gasteiger partial charge on any atom is -0.378 e. The van der Waals surface area contributed by atoms with Crippen LogP contribution < -0.4 is 0 Å². The summed E-state index contributed by atoms with van der Waals surface area (Å²) in [5.41, 5.74) is 1.07. The van der Waals surface area contributed by atoms with Gasteiger partial charge in [-0.05, 0) is 26.7 Å². The van der Waals surface area contributed by atoms with Gasteiger partial charge in [0.2, 0.25) is 15.9 Å². The van der Waals surface area contributed by atoms with E-state index in [-0.39, 0.29) is 10.8 Å². The van der Waals surface area contributed by atoms with Gasteiger partial charge in [-0.1, -0.05) is 0 Å². The van der Waals surface area contributed by atoms with Crippen molar-refractivity contribution >= 4 is 15.9 Å². The Kier molecular flexibility index (Phi) is 4.67. The normalized spacial score (nSPS) is 23.0. The summed E-state index contributed by atoms with van der Waals surface area (Å²) in [5.74, 6) is -0.112. The molecule has 0 saturated carbocycles. The van der Waals surface area contributed by atoms with Crippen molar-refractivity contribution in [3.8, 4) is 0 Å². The zero-order valence-electron chi connectivity index (χ0n) is 14.4. The van der Waals surface area contributed by atoms with Gasteiger partial charge in [-0.2, -0.15) is 9.40 Å². The largest absolute Gasteiger partial charge is 0.378 e. The maximum atomic E-state index is 13.2. The fourth-order valence-electron chi connectivity index (χ4n) is 3.51. The molecule has 0 radical (unpaired) electrons. The first kappa shape index (κ1) is 17.4. The summed E-state index contributed by atoms with van der Waals surface area (Å²) < 4.78 is 34.5. The first-order valence-corrected chi connectivity index (χ1v) is 9.66. The molecule has 24 heavy (non-hydrogen) atoms. The predicted octanol–water partition coefficient (Wildman–Crippen LogP) is 0.0488. The molecule has 2 aliphatic heterocycles. The number of carbonyl (C=O) groups excluding carboxylic acids is 1. The highest BCUT2D eigenvalue weighted by Gasteiger charge is 2.43. The summed E-state index contributed by atoms with van der Waals surface area (Å²) in [6.07, 6.45) is 1.26. The molecule has 1 aromatic rings. The van der Waals surface area contributed by atoms with Crippen LogP contribution in [0.1, 0.15) is 24.2 Å². The van der Waals surface area contributed by atoms with Crippen molar-refractivity contribution in [2.24, 2.45) is 7.05 Å². The number of aryl methyl sites for hydroxylation is 2. The van der Waals surface area contributed by atoms with Gasteiger partial charge in [-0.15, -0.1) is 0 Å². The van der Waals surface area contributed by atoms with Gasteiger partial charge in [0, 0.05) is 26.7 Å². The number of rotatable bonds is 3. The van der Waals surface area contributed by atoms with Crippen LogP contribution in [0.2, 0.25) is 0 Å². The second-order valence-corrected chi connectivity index (χ2v) is 8.16. The fraction of sp³-hybridized carbons (Fsp3) is 0.733. The average molecular weight is 356 g/mol. The van der Waals surface area contributed by atoms with Gasteiger partial charge in [-0.3, -0.25) is 9.48 Å². The molecule has 2 fully saturated rings. The second-order valence-electron chi connectivity index (χ2n) is 6.33. The Balaban J connectivity index is 1.90. The Morgan fingerprint density at radius 2 is 1.88 bits per heavy atom. The molecule has 0 aliphatic carbocycles. The number of nitrogens with zero attached hydrogens (tertiary/aromatic N) is 4. The van der Waals surface area contributed by atoms with E-state index in [4.69, 9.17) is 4.74 Å². The van der Waals surface area contributed by atoms with Crippen molar-refractivity contribution in [3.05, 3.63) is 11.4 Å². The molecule has 134 valence electrons. The summed E-state index contributed by atoms with van der Waals surface area (Å²) in [6, 6.07) is -0.618. The molecule has 3 heterocycles. The van der Waals surface area contributed by atoms with Gasteiger partial charge >= 0.3 is 0 Å². The van der Waals surface area contributed by atoms with Crippen molar-refractivity contribution in [1.29, 1.82) is 0 Å². The quantitative estimate of drug-likeness (QED) is 0.764. The summed E-state index contributed by atoms with van der Waals surface area (Å²) in [6.45, 7) is 5.85. The van der Waals surface area contributed by atoms with E-state index < -0.39 is 16.1 Å². The first-order valence-electron chi connectivity index (χ1n) is 8.22. The molecule has 1 atom stereocenters. The summed E-state index contributed by atoms with van der Waals surface area (Å²) >= 11 is 0. The van der Waals surface area contributed by atoms with E-state index in [0.29, 0.717) is 57.1 Å². The molecule has 1 aromatic heterocycles. The van der Waals surface area contributed by atoms with Crippen LogP contribution in [0.5, 0.6) is 0 Å². The molecular formula is C15H24N4O4S. The molecule has 0 N–H and O–H groups in total. The van der Waals surface area contributed by atoms with Crippen molar-refractivity contribution in [2.45, 2.75) is 37.6 Å². The molecule has 1 amide bonds. The Hall–Kier alpha value is -1.45. The molecule has 2 saturated heterocycles. The Bertz CT molecular complexity index is 737. The molecule has 9 heteroatoms. The monoisotopic (exact) mass is 356 g/mol. The standard InChI is InChI=1S/C15H24N4O4S/c1-11-14(12(2)17(3)16-11)24(21,22)19-6-4-5-13(19)15(20)18-7-9-23-10-8-18/h13H,4-10H2,1-3H3. The first-order chi connectivity index (χ1) is 11.3. The average Bonchev–Trinajstić information content (AvgIpc) is 3.13. The van der Waals surface area contributed by atoms with E-state index in [2.05, 4.69) is 5.10 Å². The van der Waals surface area contributed by atoms with Crippen LogP contribution in [-0.2, 0) is 26.6 Å². The third kappa shape index (κ3) is 2.84. The van der Waals surface area contributed by atoms with Crippen LogP contribution >= 0.6 is 0 Å². The summed E-state index contributed by atoms with van der Waals surface area (Å²) in [7, 11) is -2.02. The summed E-state index contributed by atoms with van der Waals surface area (Å²) in [4.78, 5) is 14.7. The number of morpholine rings is 1. The second kappa shape index (κ2) is 6.45. The highest BCUT2D eigenvalue weighted by atomic mass is 32.2. The van der Waals surface area contributed by atoms with E-state index in [1.807, 2.05) is 0 Å². The van der Waals surface area contributed by atoms with Crippen LogP contribution in [-0.4, -0.2) is 72.2 Å². The van der Waals surface area contributed by atoms with Gasteiger partial charge in [0.15, 0.2) is 0 Å². The zero-order chi connectivity index (χ0) is 17.5. The van der Waals surface area contributed by atoms with Crippen LogP contribution in [0, 0.1) is 13.8 Å². The molecule has 0 aromatic carbocycles. The maximum Gasteiger partial charge on any atom is 0.247 e. The maximum absolute atomic E-state index is 13.2. The van der Waals surface area contributed by atoms with Crippen molar-refractivity contribution < 1.29 is 17.9 Å². The lowest BCUT2D eigenvalue weighted by molar-refractivity contribution is -0.138. The van der Waals surface area contributed by atoms with Crippen LogP contribution in [0.15, 0.2) is 4.90 Å².